The highest BCUT2D eigenvalue weighted by Gasteiger charge is 2.19. The summed E-state index contributed by atoms with van der Waals surface area (Å²) in [6.45, 7) is 10.5. The molecule has 1 rings (SSSR count). The minimum Gasteiger partial charge on any atom is -0.444 e. The van der Waals surface area contributed by atoms with Gasteiger partial charge in [-0.05, 0) is 40.2 Å². The topological polar surface area (TPSA) is 83.0 Å². The highest BCUT2D eigenvalue weighted by molar-refractivity contribution is 6.02. The van der Waals surface area contributed by atoms with Crippen LogP contribution < -0.4 is 10.6 Å². The molecule has 2 N–H and O–H groups in total. The number of alkyl carbamates (subject to hydrolysis) is 1. The molecule has 0 spiro atoms. The van der Waals surface area contributed by atoms with Crippen LogP contribution in [-0.4, -0.2) is 41.7 Å². The van der Waals surface area contributed by atoms with Gasteiger partial charge in [0.1, 0.15) is 5.60 Å². The molecule has 1 aromatic carbocycles. The van der Waals surface area contributed by atoms with Crippen molar-refractivity contribution in [2.75, 3.05) is 13.1 Å². The number of carbonyl (C=O) groups excluding carboxylic acids is 2. The predicted octanol–water partition coefficient (Wildman–Crippen LogP) is 3.12. The molecule has 0 atom stereocenters. The molecule has 0 heterocycles. The Kier molecular flexibility index (Phi) is 7.91. The van der Waals surface area contributed by atoms with Gasteiger partial charge >= 0.3 is 12.1 Å². The van der Waals surface area contributed by atoms with Crippen molar-refractivity contribution in [2.24, 2.45) is 4.99 Å². The third-order valence-corrected chi connectivity index (χ3v) is 3.16. The van der Waals surface area contributed by atoms with Crippen molar-refractivity contribution < 1.29 is 14.3 Å². The lowest BCUT2D eigenvalue weighted by Crippen LogP contribution is -2.50. The van der Waals surface area contributed by atoms with E-state index in [4.69, 9.17) is 4.74 Å². The number of aliphatic imine (C=N–C) groups is 1. The fourth-order valence-corrected chi connectivity index (χ4v) is 1.96. The Bertz CT molecular complexity index is 590. The van der Waals surface area contributed by atoms with Crippen LogP contribution in [0.3, 0.4) is 0 Å². The molecule has 0 aliphatic heterocycles. The number of urea groups is 1. The van der Waals surface area contributed by atoms with Gasteiger partial charge in [0, 0.05) is 13.1 Å². The van der Waals surface area contributed by atoms with E-state index in [1.807, 2.05) is 44.2 Å². The molecular weight excluding hydrogens is 320 g/mol. The zero-order valence-electron chi connectivity index (χ0n) is 15.6. The zero-order chi connectivity index (χ0) is 18.9. The molecule has 0 fully saturated rings. The Morgan fingerprint density at radius 1 is 1.08 bits per heavy atom. The van der Waals surface area contributed by atoms with Crippen LogP contribution in [0, 0.1) is 0 Å². The summed E-state index contributed by atoms with van der Waals surface area (Å²) in [6.07, 6.45) is -0.667. The third kappa shape index (κ3) is 8.19. The first-order valence-electron chi connectivity index (χ1n) is 8.39. The van der Waals surface area contributed by atoms with E-state index in [9.17, 15) is 9.59 Å². The van der Waals surface area contributed by atoms with Crippen molar-refractivity contribution in [3.63, 3.8) is 0 Å². The first kappa shape index (κ1) is 20.5. The Morgan fingerprint density at radius 2 is 1.68 bits per heavy atom. The molecule has 0 saturated heterocycles. The first-order valence-corrected chi connectivity index (χ1v) is 8.39. The van der Waals surface area contributed by atoms with Crippen LogP contribution >= 0.6 is 0 Å². The molecule has 0 bridgehead atoms. The second-order valence-corrected chi connectivity index (χ2v) is 6.38. The van der Waals surface area contributed by atoms with Gasteiger partial charge < -0.3 is 9.64 Å². The summed E-state index contributed by atoms with van der Waals surface area (Å²) >= 11 is 0. The van der Waals surface area contributed by atoms with E-state index < -0.39 is 11.7 Å². The van der Waals surface area contributed by atoms with E-state index in [-0.39, 0.29) is 12.0 Å². The van der Waals surface area contributed by atoms with Crippen LogP contribution in [0.25, 0.3) is 0 Å². The molecule has 0 aromatic heterocycles. The largest absolute Gasteiger partial charge is 0.444 e. The number of amides is 3. The van der Waals surface area contributed by atoms with Crippen LogP contribution in [-0.2, 0) is 11.3 Å². The van der Waals surface area contributed by atoms with E-state index >= 15 is 0 Å². The smallest absolute Gasteiger partial charge is 0.414 e. The Balaban J connectivity index is 2.85. The number of rotatable bonds is 4. The van der Waals surface area contributed by atoms with Crippen LogP contribution in [0.2, 0.25) is 0 Å². The number of guanidine groups is 1. The number of carbonyl (C=O) groups is 2. The van der Waals surface area contributed by atoms with E-state index in [1.165, 1.54) is 0 Å². The first-order chi connectivity index (χ1) is 11.7. The van der Waals surface area contributed by atoms with Crippen molar-refractivity contribution in [2.45, 2.75) is 46.8 Å². The van der Waals surface area contributed by atoms with E-state index in [1.54, 1.807) is 25.7 Å². The van der Waals surface area contributed by atoms with Gasteiger partial charge in [0.15, 0.2) is 0 Å². The summed E-state index contributed by atoms with van der Waals surface area (Å²) in [7, 11) is 0. The number of ether oxygens (including phenoxy) is 1. The van der Waals surface area contributed by atoms with Gasteiger partial charge in [0.05, 0.1) is 6.54 Å². The Labute approximate surface area is 149 Å². The molecule has 7 heteroatoms. The number of nitrogens with one attached hydrogen (secondary N) is 2. The van der Waals surface area contributed by atoms with Crippen LogP contribution in [0.5, 0.6) is 0 Å². The van der Waals surface area contributed by atoms with Crippen molar-refractivity contribution in [1.29, 1.82) is 0 Å². The maximum absolute atomic E-state index is 12.2. The quantitative estimate of drug-likeness (QED) is 0.648. The zero-order valence-corrected chi connectivity index (χ0v) is 15.6. The molecule has 0 unspecified atom stereocenters. The van der Waals surface area contributed by atoms with E-state index in [0.29, 0.717) is 19.6 Å². The van der Waals surface area contributed by atoms with Crippen molar-refractivity contribution in [1.82, 2.24) is 15.5 Å². The van der Waals surface area contributed by atoms with Crippen LogP contribution in [0.4, 0.5) is 9.59 Å². The summed E-state index contributed by atoms with van der Waals surface area (Å²) < 4.78 is 5.22. The standard InChI is InChI=1S/C18H28N4O3/c1-6-22(7-2)16(23)20-15(21-17(24)25-18(3,4)5)19-13-14-11-9-8-10-12-14/h8-12H,6-7,13H2,1-5H3,(H2,19,20,21,23,24). The number of hydrogen-bond donors (Lipinski definition) is 2. The molecule has 7 nitrogen and oxygen atoms in total. The van der Waals surface area contributed by atoms with Crippen LogP contribution in [0.1, 0.15) is 40.2 Å². The lowest BCUT2D eigenvalue weighted by molar-refractivity contribution is 0.0561. The van der Waals surface area contributed by atoms with Crippen molar-refractivity contribution in [3.8, 4) is 0 Å². The van der Waals surface area contributed by atoms with E-state index in [2.05, 4.69) is 15.6 Å². The number of hydrogen-bond acceptors (Lipinski definition) is 4. The summed E-state index contributed by atoms with van der Waals surface area (Å²) in [4.78, 5) is 30.1. The Hall–Kier alpha value is -2.57. The lowest BCUT2D eigenvalue weighted by atomic mass is 10.2. The monoisotopic (exact) mass is 348 g/mol. The van der Waals surface area contributed by atoms with Gasteiger partial charge in [0.2, 0.25) is 5.96 Å². The highest BCUT2D eigenvalue weighted by atomic mass is 16.6. The van der Waals surface area contributed by atoms with Crippen LogP contribution in [0.15, 0.2) is 35.3 Å². The second-order valence-electron chi connectivity index (χ2n) is 6.38. The maximum Gasteiger partial charge on any atom is 0.414 e. The molecular formula is C18H28N4O3. The van der Waals surface area contributed by atoms with Gasteiger partial charge in [-0.2, -0.15) is 0 Å². The Morgan fingerprint density at radius 3 is 2.20 bits per heavy atom. The molecule has 0 radical (unpaired) electrons. The number of benzene rings is 1. The average Bonchev–Trinajstić information content (AvgIpc) is 2.53. The van der Waals surface area contributed by atoms with Gasteiger partial charge in [-0.3, -0.25) is 10.6 Å². The molecule has 138 valence electrons. The van der Waals surface area contributed by atoms with Crippen molar-refractivity contribution >= 4 is 18.1 Å². The molecule has 0 saturated carbocycles. The summed E-state index contributed by atoms with van der Waals surface area (Å²) in [6, 6.07) is 9.23. The summed E-state index contributed by atoms with van der Waals surface area (Å²) in [5, 5.41) is 5.14. The fraction of sp³-hybridized carbons (Fsp3) is 0.500. The SMILES string of the molecule is CCN(CC)C(=O)NC(=NCc1ccccc1)NC(=O)OC(C)(C)C. The second kappa shape index (κ2) is 9.66. The summed E-state index contributed by atoms with van der Waals surface area (Å²) in [5.74, 6) is 0.0648. The highest BCUT2D eigenvalue weighted by Crippen LogP contribution is 2.06. The molecule has 0 aliphatic carbocycles. The lowest BCUT2D eigenvalue weighted by Gasteiger charge is -2.22. The normalized spacial score (nSPS) is 11.6. The molecule has 1 aromatic rings. The average molecular weight is 348 g/mol. The fourth-order valence-electron chi connectivity index (χ4n) is 1.96. The van der Waals surface area contributed by atoms with Gasteiger partial charge in [-0.1, -0.05) is 30.3 Å². The van der Waals surface area contributed by atoms with Gasteiger partial charge in [-0.15, -0.1) is 0 Å². The summed E-state index contributed by atoms with van der Waals surface area (Å²) in [5.41, 5.74) is 0.320. The molecule has 25 heavy (non-hydrogen) atoms. The minimum atomic E-state index is -0.667. The minimum absolute atomic E-state index is 0.0648. The predicted molar refractivity (Wildman–Crippen MR) is 98.4 cm³/mol. The van der Waals surface area contributed by atoms with Gasteiger partial charge in [0.25, 0.3) is 0 Å². The molecule has 0 aliphatic rings. The molecule has 3 amide bonds. The number of nitrogens with zero attached hydrogens (tertiary/aromatic N) is 2. The van der Waals surface area contributed by atoms with Crippen molar-refractivity contribution in [3.05, 3.63) is 35.9 Å². The van der Waals surface area contributed by atoms with E-state index in [0.717, 1.165) is 5.56 Å². The maximum atomic E-state index is 12.2. The van der Waals surface area contributed by atoms with Gasteiger partial charge in [-0.25, -0.2) is 14.6 Å². The third-order valence-electron chi connectivity index (χ3n) is 3.16.